The number of fused-ring (bicyclic) bond motifs is 1. The molecule has 1 unspecified atom stereocenters. The molecule has 0 fully saturated rings. The number of primary amides is 1. The molecule has 4 rings (SSSR count). The molecular weight excluding hydrogens is 376 g/mol. The summed E-state index contributed by atoms with van der Waals surface area (Å²) in [6.45, 7) is 1.77. The van der Waals surface area contributed by atoms with E-state index in [0.29, 0.717) is 33.6 Å². The number of nitrogens with two attached hydrogens (primary N) is 1. The van der Waals surface area contributed by atoms with Crippen molar-refractivity contribution >= 4 is 23.5 Å². The average molecular weight is 391 g/mol. The van der Waals surface area contributed by atoms with E-state index in [9.17, 15) is 4.79 Å². The fourth-order valence-electron chi connectivity index (χ4n) is 3.27. The fraction of sp³-hybridized carbons (Fsp3) is 0.100. The number of aromatic nitrogens is 3. The lowest BCUT2D eigenvalue weighted by Gasteiger charge is -2.27. The zero-order valence-corrected chi connectivity index (χ0v) is 15.6. The van der Waals surface area contributed by atoms with Crippen LogP contribution >= 0.6 is 11.6 Å². The van der Waals surface area contributed by atoms with Gasteiger partial charge in [-0.15, -0.1) is 5.10 Å². The number of nitriles is 1. The highest BCUT2D eigenvalue weighted by molar-refractivity contribution is 6.30. The van der Waals surface area contributed by atoms with Gasteiger partial charge < -0.3 is 11.1 Å². The molecule has 3 aromatic rings. The number of hydrogen-bond donors (Lipinski definition) is 2. The second-order valence-electron chi connectivity index (χ2n) is 6.38. The van der Waals surface area contributed by atoms with Crippen LogP contribution in [0.2, 0.25) is 5.02 Å². The van der Waals surface area contributed by atoms with Crippen LogP contribution in [0.4, 0.5) is 5.95 Å². The van der Waals surface area contributed by atoms with Crippen LogP contribution < -0.4 is 11.1 Å². The van der Waals surface area contributed by atoms with Crippen molar-refractivity contribution in [1.82, 2.24) is 14.8 Å². The number of allylic oxidation sites excluding steroid dienone is 1. The molecule has 1 aliphatic heterocycles. The van der Waals surface area contributed by atoms with Crippen molar-refractivity contribution < 1.29 is 4.79 Å². The highest BCUT2D eigenvalue weighted by Gasteiger charge is 2.33. The Kier molecular flexibility index (Phi) is 4.34. The van der Waals surface area contributed by atoms with E-state index >= 15 is 0 Å². The quantitative estimate of drug-likeness (QED) is 0.713. The maximum atomic E-state index is 12.2. The SMILES string of the molecule is CC1=C(C(N)=O)C(c2ccc(C#N)cc2)n2nc(-c3cccc(Cl)c3)nc2N1. The van der Waals surface area contributed by atoms with Gasteiger partial charge in [0, 0.05) is 16.3 Å². The summed E-state index contributed by atoms with van der Waals surface area (Å²) in [6.07, 6.45) is 0. The Balaban J connectivity index is 1.87. The zero-order valence-electron chi connectivity index (χ0n) is 14.8. The summed E-state index contributed by atoms with van der Waals surface area (Å²) in [5.74, 6) is 0.416. The summed E-state index contributed by atoms with van der Waals surface area (Å²) in [4.78, 5) is 16.8. The van der Waals surface area contributed by atoms with Crippen molar-refractivity contribution in [2.75, 3.05) is 5.32 Å². The van der Waals surface area contributed by atoms with Crippen molar-refractivity contribution in [3.8, 4) is 17.5 Å². The third kappa shape index (κ3) is 3.00. The molecule has 138 valence electrons. The van der Waals surface area contributed by atoms with Gasteiger partial charge in [-0.2, -0.15) is 10.2 Å². The predicted molar refractivity (Wildman–Crippen MR) is 105 cm³/mol. The zero-order chi connectivity index (χ0) is 19.8. The third-order valence-electron chi connectivity index (χ3n) is 4.56. The number of amides is 1. The molecule has 0 saturated heterocycles. The number of carbonyl (C=O) groups is 1. The largest absolute Gasteiger partial charge is 0.366 e. The highest BCUT2D eigenvalue weighted by Crippen LogP contribution is 2.36. The number of anilines is 1. The van der Waals surface area contributed by atoms with Gasteiger partial charge in [0.15, 0.2) is 5.82 Å². The molecule has 0 aliphatic carbocycles. The molecule has 28 heavy (non-hydrogen) atoms. The molecule has 0 radical (unpaired) electrons. The van der Waals surface area contributed by atoms with Crippen molar-refractivity contribution in [3.05, 3.63) is 76.0 Å². The van der Waals surface area contributed by atoms with E-state index in [2.05, 4.69) is 21.5 Å². The number of carbonyl (C=O) groups excluding carboxylic acids is 1. The molecule has 1 amide bonds. The van der Waals surface area contributed by atoms with E-state index in [1.54, 1.807) is 48.0 Å². The Labute approximate surface area is 166 Å². The summed E-state index contributed by atoms with van der Waals surface area (Å²) in [5.41, 5.74) is 8.73. The minimum Gasteiger partial charge on any atom is -0.366 e. The van der Waals surface area contributed by atoms with Crippen LogP contribution in [0.3, 0.4) is 0 Å². The van der Waals surface area contributed by atoms with Crippen molar-refractivity contribution in [1.29, 1.82) is 5.26 Å². The molecule has 0 bridgehead atoms. The minimum atomic E-state index is -0.554. The first-order valence-electron chi connectivity index (χ1n) is 8.48. The van der Waals surface area contributed by atoms with E-state index in [1.165, 1.54) is 0 Å². The Morgan fingerprint density at radius 2 is 2.04 bits per heavy atom. The van der Waals surface area contributed by atoms with Crippen LogP contribution in [-0.2, 0) is 4.79 Å². The van der Waals surface area contributed by atoms with E-state index < -0.39 is 11.9 Å². The second kappa shape index (κ2) is 6.83. The van der Waals surface area contributed by atoms with E-state index in [0.717, 1.165) is 11.1 Å². The van der Waals surface area contributed by atoms with Crippen LogP contribution in [0.25, 0.3) is 11.4 Å². The van der Waals surface area contributed by atoms with Gasteiger partial charge in [-0.1, -0.05) is 35.9 Å². The Hall–Kier alpha value is -3.63. The summed E-state index contributed by atoms with van der Waals surface area (Å²) >= 11 is 6.09. The first kappa shape index (κ1) is 17.8. The van der Waals surface area contributed by atoms with Gasteiger partial charge in [0.25, 0.3) is 0 Å². The first-order valence-corrected chi connectivity index (χ1v) is 8.86. The van der Waals surface area contributed by atoms with Crippen LogP contribution in [0, 0.1) is 11.3 Å². The van der Waals surface area contributed by atoms with Gasteiger partial charge in [0.2, 0.25) is 11.9 Å². The van der Waals surface area contributed by atoms with Crippen LogP contribution in [0.1, 0.15) is 24.1 Å². The van der Waals surface area contributed by atoms with Gasteiger partial charge >= 0.3 is 0 Å². The minimum absolute atomic E-state index is 0.389. The maximum Gasteiger partial charge on any atom is 0.248 e. The molecule has 2 heterocycles. The molecule has 0 spiro atoms. The predicted octanol–water partition coefficient (Wildman–Crippen LogP) is 3.24. The number of benzene rings is 2. The van der Waals surface area contributed by atoms with Gasteiger partial charge in [-0.3, -0.25) is 4.79 Å². The molecule has 1 atom stereocenters. The number of rotatable bonds is 3. The Morgan fingerprint density at radius 1 is 1.29 bits per heavy atom. The average Bonchev–Trinajstić information content (AvgIpc) is 3.10. The standard InChI is InChI=1S/C20H15ClN6O/c1-11-16(18(23)28)17(13-7-5-12(10-22)6-8-13)27-20(24-11)25-19(26-27)14-3-2-4-15(21)9-14/h2-9,17H,1H3,(H2,23,28)(H,24,25,26). The Morgan fingerprint density at radius 3 is 2.68 bits per heavy atom. The van der Waals surface area contributed by atoms with Gasteiger partial charge in [-0.25, -0.2) is 4.68 Å². The lowest BCUT2D eigenvalue weighted by Crippen LogP contribution is -2.31. The molecule has 8 heteroatoms. The van der Waals surface area contributed by atoms with E-state index in [-0.39, 0.29) is 0 Å². The topological polar surface area (TPSA) is 110 Å². The number of hydrogen-bond acceptors (Lipinski definition) is 5. The van der Waals surface area contributed by atoms with Crippen molar-refractivity contribution in [3.63, 3.8) is 0 Å². The van der Waals surface area contributed by atoms with Crippen LogP contribution in [0.5, 0.6) is 0 Å². The van der Waals surface area contributed by atoms with Gasteiger partial charge in [0.1, 0.15) is 6.04 Å². The highest BCUT2D eigenvalue weighted by atomic mass is 35.5. The number of halogens is 1. The normalized spacial score (nSPS) is 15.5. The molecule has 1 aliphatic rings. The molecule has 2 aromatic carbocycles. The molecule has 0 saturated carbocycles. The van der Waals surface area contributed by atoms with E-state index in [1.807, 2.05) is 12.1 Å². The smallest absolute Gasteiger partial charge is 0.248 e. The van der Waals surface area contributed by atoms with Gasteiger partial charge in [0.05, 0.1) is 17.2 Å². The summed E-state index contributed by atoms with van der Waals surface area (Å²) in [7, 11) is 0. The molecule has 7 nitrogen and oxygen atoms in total. The summed E-state index contributed by atoms with van der Waals surface area (Å²) in [5, 5.41) is 17.3. The van der Waals surface area contributed by atoms with Crippen molar-refractivity contribution in [2.24, 2.45) is 5.73 Å². The summed E-state index contributed by atoms with van der Waals surface area (Å²) < 4.78 is 1.63. The molecule has 3 N–H and O–H groups in total. The summed E-state index contributed by atoms with van der Waals surface area (Å²) in [6, 6.07) is 15.7. The van der Waals surface area contributed by atoms with Crippen molar-refractivity contribution in [2.45, 2.75) is 13.0 Å². The molecule has 1 aromatic heterocycles. The van der Waals surface area contributed by atoms with Gasteiger partial charge in [-0.05, 0) is 36.8 Å². The lowest BCUT2D eigenvalue weighted by molar-refractivity contribution is -0.115. The fourth-order valence-corrected chi connectivity index (χ4v) is 3.46. The second-order valence-corrected chi connectivity index (χ2v) is 6.81. The first-order chi connectivity index (χ1) is 13.5. The number of nitrogens with zero attached hydrogens (tertiary/aromatic N) is 4. The third-order valence-corrected chi connectivity index (χ3v) is 4.79. The lowest BCUT2D eigenvalue weighted by atomic mass is 9.95. The van der Waals surface area contributed by atoms with E-state index in [4.69, 9.17) is 22.6 Å². The molecular formula is C20H15ClN6O. The monoisotopic (exact) mass is 390 g/mol. The number of nitrogens with one attached hydrogen (secondary N) is 1. The van der Waals surface area contributed by atoms with Crippen LogP contribution in [0.15, 0.2) is 59.8 Å². The Bertz CT molecular complexity index is 1160. The maximum absolute atomic E-state index is 12.2. The van der Waals surface area contributed by atoms with Crippen LogP contribution in [-0.4, -0.2) is 20.7 Å².